The molecule has 2 N–H and O–H groups in total. The molecule has 2 atom stereocenters. The zero-order chi connectivity index (χ0) is 14.5. The Morgan fingerprint density at radius 2 is 2.35 bits per heavy atom. The maximum Gasteiger partial charge on any atom is 0.283 e. The molecule has 0 bridgehead atoms. The van der Waals surface area contributed by atoms with Gasteiger partial charge >= 0.3 is 0 Å². The summed E-state index contributed by atoms with van der Waals surface area (Å²) in [6.07, 6.45) is 6.78. The summed E-state index contributed by atoms with van der Waals surface area (Å²) in [4.78, 5) is 12.0. The van der Waals surface area contributed by atoms with Crippen LogP contribution in [0.1, 0.15) is 32.6 Å². The number of anilines is 1. The Hall–Kier alpha value is -0.880. The highest BCUT2D eigenvalue weighted by molar-refractivity contribution is 9.10. The highest BCUT2D eigenvalue weighted by Gasteiger charge is 2.19. The molecule has 0 radical (unpaired) electrons. The lowest BCUT2D eigenvalue weighted by atomic mass is 9.82. The van der Waals surface area contributed by atoms with E-state index in [4.69, 9.17) is 5.11 Å². The van der Waals surface area contributed by atoms with Crippen molar-refractivity contribution in [3.05, 3.63) is 21.0 Å². The van der Waals surface area contributed by atoms with Crippen LogP contribution < -0.4 is 10.9 Å². The lowest BCUT2D eigenvalue weighted by Gasteiger charge is -2.27. The minimum atomic E-state index is -0.207. The van der Waals surface area contributed by atoms with Crippen molar-refractivity contribution < 1.29 is 5.11 Å². The third-order valence-corrected chi connectivity index (χ3v) is 4.69. The smallest absolute Gasteiger partial charge is 0.283 e. The van der Waals surface area contributed by atoms with Crippen LogP contribution in [0.25, 0.3) is 0 Å². The third kappa shape index (κ3) is 3.82. The van der Waals surface area contributed by atoms with Crippen molar-refractivity contribution in [2.45, 2.75) is 39.2 Å². The van der Waals surface area contributed by atoms with E-state index in [1.54, 1.807) is 6.20 Å². The topological polar surface area (TPSA) is 67.2 Å². The van der Waals surface area contributed by atoms with Gasteiger partial charge in [0.25, 0.3) is 5.56 Å². The van der Waals surface area contributed by atoms with Gasteiger partial charge in [0.2, 0.25) is 0 Å². The lowest BCUT2D eigenvalue weighted by molar-refractivity contribution is 0.266. The predicted octanol–water partition coefficient (Wildman–Crippen LogP) is 2.24. The molecule has 1 fully saturated rings. The highest BCUT2D eigenvalue weighted by Crippen LogP contribution is 2.29. The quantitative estimate of drug-likeness (QED) is 0.860. The molecule has 0 amide bonds. The Morgan fingerprint density at radius 1 is 1.55 bits per heavy atom. The third-order valence-electron chi connectivity index (χ3n) is 3.92. The van der Waals surface area contributed by atoms with Crippen molar-refractivity contribution in [3.8, 4) is 0 Å². The monoisotopic (exact) mass is 343 g/mol. The molecule has 20 heavy (non-hydrogen) atoms. The number of rotatable bonds is 5. The van der Waals surface area contributed by atoms with Gasteiger partial charge in [0.05, 0.1) is 25.0 Å². The molecule has 1 aromatic rings. The Kier molecular flexibility index (Phi) is 5.60. The molecule has 2 unspecified atom stereocenters. The Bertz CT molecular complexity index is 504. The van der Waals surface area contributed by atoms with Gasteiger partial charge in [-0.15, -0.1) is 0 Å². The van der Waals surface area contributed by atoms with Gasteiger partial charge in [-0.25, -0.2) is 4.68 Å². The van der Waals surface area contributed by atoms with E-state index in [-0.39, 0.29) is 18.7 Å². The van der Waals surface area contributed by atoms with Gasteiger partial charge < -0.3 is 10.4 Å². The summed E-state index contributed by atoms with van der Waals surface area (Å²) in [6.45, 7) is 3.32. The first-order valence-corrected chi connectivity index (χ1v) is 8.01. The number of halogens is 1. The SMILES string of the molecule is CC1CCCC(CNc2cnn(CCO)c(=O)c2Br)C1. The number of nitrogens with zero attached hydrogens (tertiary/aromatic N) is 2. The van der Waals surface area contributed by atoms with Crippen LogP contribution in [0.5, 0.6) is 0 Å². The summed E-state index contributed by atoms with van der Waals surface area (Å²) in [5, 5.41) is 16.3. The first-order chi connectivity index (χ1) is 9.61. The van der Waals surface area contributed by atoms with Crippen LogP contribution in [0, 0.1) is 11.8 Å². The standard InChI is InChI=1S/C14H22BrN3O2/c1-10-3-2-4-11(7-10)8-16-12-9-17-18(5-6-19)14(20)13(12)15/h9-11,16,19H,2-8H2,1H3. The Labute approximate surface area is 127 Å². The van der Waals surface area contributed by atoms with Crippen LogP contribution in [0.15, 0.2) is 15.5 Å². The average molecular weight is 344 g/mol. The summed E-state index contributed by atoms with van der Waals surface area (Å²) in [5.74, 6) is 1.47. The second kappa shape index (κ2) is 7.22. The summed E-state index contributed by atoms with van der Waals surface area (Å²) in [7, 11) is 0. The van der Waals surface area contributed by atoms with E-state index in [1.807, 2.05) is 0 Å². The molecule has 0 saturated heterocycles. The fourth-order valence-corrected chi connectivity index (χ4v) is 3.29. The molecular formula is C14H22BrN3O2. The molecule has 0 aliphatic heterocycles. The molecule has 1 aliphatic rings. The number of aliphatic hydroxyl groups is 1. The van der Waals surface area contributed by atoms with E-state index >= 15 is 0 Å². The fraction of sp³-hybridized carbons (Fsp3) is 0.714. The predicted molar refractivity (Wildman–Crippen MR) is 82.9 cm³/mol. The van der Waals surface area contributed by atoms with Crippen LogP contribution in [-0.4, -0.2) is 28.0 Å². The van der Waals surface area contributed by atoms with Gasteiger partial charge in [-0.05, 0) is 40.6 Å². The molecule has 1 aliphatic carbocycles. The molecule has 5 nitrogen and oxygen atoms in total. The van der Waals surface area contributed by atoms with Gasteiger partial charge in [-0.3, -0.25) is 4.79 Å². The average Bonchev–Trinajstić information content (AvgIpc) is 2.43. The maximum absolute atomic E-state index is 12.0. The van der Waals surface area contributed by atoms with Gasteiger partial charge in [-0.2, -0.15) is 5.10 Å². The lowest BCUT2D eigenvalue weighted by Crippen LogP contribution is -2.27. The van der Waals surface area contributed by atoms with Gasteiger partial charge in [0.1, 0.15) is 4.47 Å². The highest BCUT2D eigenvalue weighted by atomic mass is 79.9. The number of hydrogen-bond acceptors (Lipinski definition) is 4. The summed E-state index contributed by atoms with van der Waals surface area (Å²) < 4.78 is 1.75. The molecule has 0 spiro atoms. The minimum Gasteiger partial charge on any atom is -0.394 e. The van der Waals surface area contributed by atoms with Crippen LogP contribution in [-0.2, 0) is 6.54 Å². The second-order valence-electron chi connectivity index (χ2n) is 5.64. The van der Waals surface area contributed by atoms with Crippen molar-refractivity contribution in [3.63, 3.8) is 0 Å². The number of nitrogens with one attached hydrogen (secondary N) is 1. The molecule has 2 rings (SSSR count). The molecule has 1 heterocycles. The van der Waals surface area contributed by atoms with E-state index in [2.05, 4.69) is 33.3 Å². The summed E-state index contributed by atoms with van der Waals surface area (Å²) in [6, 6.07) is 0. The normalized spacial score (nSPS) is 22.8. The molecule has 1 aromatic heterocycles. The molecule has 1 saturated carbocycles. The van der Waals surface area contributed by atoms with Crippen molar-refractivity contribution in [2.24, 2.45) is 11.8 Å². The van der Waals surface area contributed by atoms with E-state index in [9.17, 15) is 4.79 Å². The van der Waals surface area contributed by atoms with Crippen LogP contribution in [0.4, 0.5) is 5.69 Å². The first-order valence-electron chi connectivity index (χ1n) is 7.22. The number of aromatic nitrogens is 2. The largest absolute Gasteiger partial charge is 0.394 e. The number of hydrogen-bond donors (Lipinski definition) is 2. The zero-order valence-corrected chi connectivity index (χ0v) is 13.4. The zero-order valence-electron chi connectivity index (χ0n) is 11.8. The molecule has 6 heteroatoms. The van der Waals surface area contributed by atoms with Gasteiger partial charge in [0, 0.05) is 6.54 Å². The second-order valence-corrected chi connectivity index (χ2v) is 6.44. The van der Waals surface area contributed by atoms with E-state index in [1.165, 1.54) is 30.4 Å². The molecule has 112 valence electrons. The molecular weight excluding hydrogens is 322 g/mol. The Balaban J connectivity index is 1.99. The fourth-order valence-electron chi connectivity index (χ4n) is 2.84. The van der Waals surface area contributed by atoms with E-state index < -0.39 is 0 Å². The Morgan fingerprint density at radius 3 is 3.05 bits per heavy atom. The van der Waals surface area contributed by atoms with Crippen LogP contribution >= 0.6 is 15.9 Å². The van der Waals surface area contributed by atoms with E-state index in [0.717, 1.165) is 18.2 Å². The number of aliphatic hydroxyl groups excluding tert-OH is 1. The van der Waals surface area contributed by atoms with Crippen LogP contribution in [0.2, 0.25) is 0 Å². The van der Waals surface area contributed by atoms with Gasteiger partial charge in [-0.1, -0.05) is 19.8 Å². The van der Waals surface area contributed by atoms with Gasteiger partial charge in [0.15, 0.2) is 0 Å². The van der Waals surface area contributed by atoms with Crippen LogP contribution in [0.3, 0.4) is 0 Å². The first kappa shape index (κ1) is 15.5. The summed E-state index contributed by atoms with van der Waals surface area (Å²) >= 11 is 3.32. The molecule has 0 aromatic carbocycles. The maximum atomic E-state index is 12.0. The summed E-state index contributed by atoms with van der Waals surface area (Å²) in [5.41, 5.74) is 0.531. The van der Waals surface area contributed by atoms with Crippen molar-refractivity contribution in [1.29, 1.82) is 0 Å². The van der Waals surface area contributed by atoms with E-state index in [0.29, 0.717) is 10.4 Å². The van der Waals surface area contributed by atoms with Crippen molar-refractivity contribution >= 4 is 21.6 Å². The minimum absolute atomic E-state index is 0.0912. The van der Waals surface area contributed by atoms with Crippen molar-refractivity contribution in [1.82, 2.24) is 9.78 Å². The van der Waals surface area contributed by atoms with Crippen molar-refractivity contribution in [2.75, 3.05) is 18.5 Å².